The minimum atomic E-state index is -0.880. The first kappa shape index (κ1) is 31.9. The van der Waals surface area contributed by atoms with E-state index in [4.69, 9.17) is 4.80 Å². The molecular formula is C25H34Cl2OSiZr. The third-order valence-corrected chi connectivity index (χ3v) is 4.86. The summed E-state index contributed by atoms with van der Waals surface area (Å²) in [7, 11) is -0.880. The molecule has 0 saturated heterocycles. The van der Waals surface area contributed by atoms with Crippen molar-refractivity contribution in [1.82, 2.24) is 0 Å². The van der Waals surface area contributed by atoms with Crippen molar-refractivity contribution >= 4 is 19.8 Å². The van der Waals surface area contributed by atoms with Gasteiger partial charge < -0.3 is 29.6 Å². The second kappa shape index (κ2) is 13.3. The summed E-state index contributed by atoms with van der Waals surface area (Å²) in [6.45, 7) is 17.2. The molecule has 162 valence electrons. The summed E-state index contributed by atoms with van der Waals surface area (Å²) in [6, 6.07) is 18.3. The van der Waals surface area contributed by atoms with E-state index in [0.29, 0.717) is 5.92 Å². The van der Waals surface area contributed by atoms with Gasteiger partial charge in [0.1, 0.15) is 0 Å². The molecule has 5 heteroatoms. The van der Waals surface area contributed by atoms with E-state index in [0.717, 1.165) is 0 Å². The summed E-state index contributed by atoms with van der Waals surface area (Å²) in [6.07, 6.45) is 0. The molecule has 0 aliphatic carbocycles. The summed E-state index contributed by atoms with van der Waals surface area (Å²) >= 11 is 0. The van der Waals surface area contributed by atoms with Crippen LogP contribution in [-0.2, 0) is 31.6 Å². The maximum atomic E-state index is 8.16. The molecule has 0 atom stereocenters. The molecule has 0 spiro atoms. The summed E-state index contributed by atoms with van der Waals surface area (Å²) < 4.78 is 0. The number of hydrogen-bond acceptors (Lipinski definition) is 1. The fraction of sp³-hybridized carbons (Fsp3) is 0.400. The van der Waals surface area contributed by atoms with Crippen LogP contribution in [0.15, 0.2) is 48.5 Å². The second-order valence-electron chi connectivity index (χ2n) is 8.98. The van der Waals surface area contributed by atoms with Gasteiger partial charge in [-0.25, -0.2) is 0 Å². The number of aryl methyl sites for hydroxylation is 1. The van der Waals surface area contributed by atoms with E-state index in [1.165, 1.54) is 38.6 Å². The maximum Gasteiger partial charge on any atom is 3.00 e. The number of hydrogen-bond donors (Lipinski definition) is 1. The molecule has 0 aromatic heterocycles. The van der Waals surface area contributed by atoms with E-state index in [9.17, 15) is 0 Å². The van der Waals surface area contributed by atoms with Gasteiger partial charge in [-0.15, -0.1) is 34.0 Å². The van der Waals surface area contributed by atoms with Gasteiger partial charge in [-0.05, 0) is 35.6 Å². The second-order valence-corrected chi connectivity index (χ2v) is 10.9. The predicted molar refractivity (Wildman–Crippen MR) is 122 cm³/mol. The van der Waals surface area contributed by atoms with Gasteiger partial charge >= 0.3 is 26.2 Å². The molecule has 0 fully saturated rings. The molecule has 1 N–H and O–H groups in total. The standard InChI is InChI=1S/C23H27.C2H7OSi.2ClH.Zr/c1-15(2)18-13-21-16(3)7-12-20(22(21)14-18)17-8-10-19(11-9-17)23(4,5)6;1-4(2)3;;;/h7-15H,1-6H3;3H,1-2H3;2*1H;/q-1;;;;+3/p-2. The van der Waals surface area contributed by atoms with Crippen molar-refractivity contribution in [2.45, 2.75) is 66.0 Å². The summed E-state index contributed by atoms with van der Waals surface area (Å²) in [4.78, 5) is 8.16. The Morgan fingerprint density at radius 1 is 0.933 bits per heavy atom. The fourth-order valence-electron chi connectivity index (χ4n) is 3.20. The largest absolute Gasteiger partial charge is 3.00 e. The Balaban J connectivity index is 0. The maximum absolute atomic E-state index is 8.16. The van der Waals surface area contributed by atoms with E-state index < -0.39 is 9.04 Å². The van der Waals surface area contributed by atoms with Crippen LogP contribution < -0.4 is 24.8 Å². The average Bonchev–Trinajstić information content (AvgIpc) is 3.00. The SMILES string of the molecule is C[Si](C)O.Cc1ccc(-c2ccc(C(C)(C)C)cc2)c2cc(C(C)C)[cH-]c12.[Cl-].[Cl-].[Zr+3]. The van der Waals surface area contributed by atoms with Crippen LogP contribution in [0.1, 0.15) is 57.2 Å². The van der Waals surface area contributed by atoms with Gasteiger partial charge in [-0.2, -0.15) is 6.07 Å². The zero-order valence-electron chi connectivity index (χ0n) is 19.4. The van der Waals surface area contributed by atoms with Crippen LogP contribution in [-0.4, -0.2) is 13.8 Å². The molecule has 0 unspecified atom stereocenters. The van der Waals surface area contributed by atoms with E-state index >= 15 is 0 Å². The van der Waals surface area contributed by atoms with Crippen molar-refractivity contribution in [2.75, 3.05) is 0 Å². The molecule has 3 aromatic rings. The zero-order chi connectivity index (χ0) is 20.4. The Bertz CT molecular complexity index is 891. The van der Waals surface area contributed by atoms with Crippen molar-refractivity contribution in [3.05, 3.63) is 65.2 Å². The smallest absolute Gasteiger partial charge is 1.00 e. The molecule has 2 radical (unpaired) electrons. The summed E-state index contributed by atoms with van der Waals surface area (Å²) in [5.41, 5.74) is 7.03. The van der Waals surface area contributed by atoms with Gasteiger partial charge in [0.25, 0.3) is 0 Å². The van der Waals surface area contributed by atoms with Crippen molar-refractivity contribution in [3.8, 4) is 11.1 Å². The predicted octanol–water partition coefficient (Wildman–Crippen LogP) is 1.19. The minimum Gasteiger partial charge on any atom is -1.00 e. The molecule has 0 aliphatic rings. The van der Waals surface area contributed by atoms with Crippen LogP contribution in [0.3, 0.4) is 0 Å². The molecule has 0 bridgehead atoms. The van der Waals surface area contributed by atoms with E-state index in [1.807, 2.05) is 13.1 Å². The number of halogens is 2. The topological polar surface area (TPSA) is 20.2 Å². The first-order valence-electron chi connectivity index (χ1n) is 9.80. The summed E-state index contributed by atoms with van der Waals surface area (Å²) in [5, 5.41) is 2.78. The van der Waals surface area contributed by atoms with Crippen LogP contribution in [0.2, 0.25) is 13.1 Å². The molecule has 0 amide bonds. The third-order valence-electron chi connectivity index (χ3n) is 4.86. The molecule has 3 rings (SSSR count). The molecule has 3 aromatic carbocycles. The number of benzene rings is 2. The third kappa shape index (κ3) is 8.32. The van der Waals surface area contributed by atoms with E-state index in [-0.39, 0.29) is 56.4 Å². The summed E-state index contributed by atoms with van der Waals surface area (Å²) in [5.74, 6) is 0.568. The first-order chi connectivity index (χ1) is 12.5. The molecule has 30 heavy (non-hydrogen) atoms. The normalized spacial score (nSPS) is 10.6. The van der Waals surface area contributed by atoms with Gasteiger partial charge in [0, 0.05) is 0 Å². The minimum absolute atomic E-state index is 0. The Hall–Kier alpha value is -0.310. The fourth-order valence-corrected chi connectivity index (χ4v) is 3.20. The van der Waals surface area contributed by atoms with Gasteiger partial charge in [0.2, 0.25) is 0 Å². The molecule has 1 nitrogen and oxygen atoms in total. The van der Waals surface area contributed by atoms with E-state index in [2.05, 4.69) is 90.1 Å². The van der Waals surface area contributed by atoms with Crippen LogP contribution in [0.25, 0.3) is 21.9 Å². The quantitative estimate of drug-likeness (QED) is 0.383. The van der Waals surface area contributed by atoms with E-state index in [1.54, 1.807) is 0 Å². The Morgan fingerprint density at radius 2 is 1.43 bits per heavy atom. The van der Waals surface area contributed by atoms with Gasteiger partial charge in [0.05, 0.1) is 0 Å². The average molecular weight is 541 g/mol. The van der Waals surface area contributed by atoms with Crippen molar-refractivity contribution in [2.24, 2.45) is 0 Å². The number of fused-ring (bicyclic) bond motifs is 1. The van der Waals surface area contributed by atoms with Crippen molar-refractivity contribution in [1.29, 1.82) is 0 Å². The van der Waals surface area contributed by atoms with Crippen molar-refractivity contribution in [3.63, 3.8) is 0 Å². The first-order valence-corrected chi connectivity index (χ1v) is 12.3. The van der Waals surface area contributed by atoms with Crippen LogP contribution >= 0.6 is 0 Å². The van der Waals surface area contributed by atoms with Crippen LogP contribution in [0, 0.1) is 6.92 Å². The van der Waals surface area contributed by atoms with Crippen LogP contribution in [0.5, 0.6) is 0 Å². The van der Waals surface area contributed by atoms with Gasteiger partial charge in [-0.3, -0.25) is 0 Å². The van der Waals surface area contributed by atoms with Crippen LogP contribution in [0.4, 0.5) is 0 Å². The Kier molecular flexibility index (Phi) is 14.1. The monoisotopic (exact) mass is 538 g/mol. The molecule has 0 aliphatic heterocycles. The van der Waals surface area contributed by atoms with Gasteiger partial charge in [0.15, 0.2) is 9.04 Å². The zero-order valence-corrected chi connectivity index (χ0v) is 24.4. The Morgan fingerprint density at radius 3 is 1.87 bits per heavy atom. The number of rotatable bonds is 2. The molecule has 0 heterocycles. The Labute approximate surface area is 216 Å². The molecule has 0 saturated carbocycles. The van der Waals surface area contributed by atoms with Crippen molar-refractivity contribution < 1.29 is 55.8 Å². The van der Waals surface area contributed by atoms with Gasteiger partial charge in [-0.1, -0.05) is 77.4 Å². The molecular weight excluding hydrogens is 506 g/mol.